The van der Waals surface area contributed by atoms with Gasteiger partial charge < -0.3 is 0 Å². The molecule has 2 heterocycles. The van der Waals surface area contributed by atoms with Crippen LogP contribution in [0.4, 0.5) is 5.95 Å². The zero-order valence-corrected chi connectivity index (χ0v) is 11.8. The first kappa shape index (κ1) is 13.1. The molecule has 0 saturated heterocycles. The molecular weight excluding hydrogens is 264 g/mol. The lowest BCUT2D eigenvalue weighted by Gasteiger charge is -2.01. The molecule has 0 unspecified atom stereocenters. The molecule has 0 aliphatic heterocycles. The van der Waals surface area contributed by atoms with Crippen LogP contribution in [-0.4, -0.2) is 26.2 Å². The number of benzene rings is 1. The summed E-state index contributed by atoms with van der Waals surface area (Å²) in [5.41, 5.74) is 6.96. The van der Waals surface area contributed by atoms with Crippen LogP contribution in [0.1, 0.15) is 17.1 Å². The van der Waals surface area contributed by atoms with Crippen LogP contribution >= 0.6 is 0 Å². The van der Waals surface area contributed by atoms with E-state index < -0.39 is 0 Å². The second kappa shape index (κ2) is 5.62. The predicted molar refractivity (Wildman–Crippen MR) is 82.3 cm³/mol. The van der Waals surface area contributed by atoms with Crippen molar-refractivity contribution in [2.45, 2.75) is 13.8 Å². The highest BCUT2D eigenvalue weighted by molar-refractivity contribution is 5.82. The van der Waals surface area contributed by atoms with Crippen molar-refractivity contribution < 1.29 is 0 Å². The summed E-state index contributed by atoms with van der Waals surface area (Å²) in [5.74, 6) is 0.470. The lowest BCUT2D eigenvalue weighted by molar-refractivity contribution is 1.03. The maximum atomic E-state index is 4.45. The van der Waals surface area contributed by atoms with E-state index in [-0.39, 0.29) is 0 Å². The van der Waals surface area contributed by atoms with E-state index in [2.05, 4.69) is 30.5 Å². The van der Waals surface area contributed by atoms with Gasteiger partial charge >= 0.3 is 0 Å². The molecule has 1 N–H and O–H groups in total. The van der Waals surface area contributed by atoms with E-state index in [1.165, 1.54) is 0 Å². The van der Waals surface area contributed by atoms with Crippen LogP contribution in [0, 0.1) is 13.8 Å². The number of hydrazone groups is 1. The quantitative estimate of drug-likeness (QED) is 0.588. The molecule has 21 heavy (non-hydrogen) atoms. The Labute approximate surface area is 122 Å². The van der Waals surface area contributed by atoms with Crippen molar-refractivity contribution >= 4 is 23.2 Å². The molecule has 0 fully saturated rings. The minimum atomic E-state index is 0.470. The van der Waals surface area contributed by atoms with E-state index in [1.807, 2.05) is 44.2 Å². The van der Waals surface area contributed by atoms with Crippen LogP contribution in [0.2, 0.25) is 0 Å². The summed E-state index contributed by atoms with van der Waals surface area (Å²) >= 11 is 0. The van der Waals surface area contributed by atoms with Gasteiger partial charge in [-0.2, -0.15) is 5.10 Å². The largest absolute Gasteiger partial charge is 0.252 e. The number of fused-ring (bicyclic) bond motifs is 1. The Kier molecular flexibility index (Phi) is 3.51. The standard InChI is InChI=1S/C15H14N6/c1-10-7-11(2)19-15(18-10)21-17-9-12-8-16-13-5-3-4-6-14(13)20-12/h3-9H,1-2H3,(H,18,19,21)/b17-9-. The number of hydrogen-bond acceptors (Lipinski definition) is 6. The molecule has 104 valence electrons. The van der Waals surface area contributed by atoms with Crippen molar-refractivity contribution in [3.05, 3.63) is 53.6 Å². The highest BCUT2D eigenvalue weighted by atomic mass is 15.3. The summed E-state index contributed by atoms with van der Waals surface area (Å²) < 4.78 is 0. The number of rotatable bonds is 3. The molecule has 0 amide bonds. The fraction of sp³-hybridized carbons (Fsp3) is 0.133. The molecule has 1 aromatic carbocycles. The Bertz CT molecular complexity index is 792. The Morgan fingerprint density at radius 2 is 1.71 bits per heavy atom. The van der Waals surface area contributed by atoms with Crippen molar-refractivity contribution in [1.29, 1.82) is 0 Å². The zero-order chi connectivity index (χ0) is 14.7. The van der Waals surface area contributed by atoms with Gasteiger partial charge in [-0.3, -0.25) is 4.98 Å². The van der Waals surface area contributed by atoms with Gasteiger partial charge in [0.15, 0.2) is 0 Å². The van der Waals surface area contributed by atoms with Crippen molar-refractivity contribution in [1.82, 2.24) is 19.9 Å². The SMILES string of the molecule is Cc1cc(C)nc(N/N=C\c2cnc3ccccc3n2)n1. The fourth-order valence-electron chi connectivity index (χ4n) is 1.97. The molecule has 0 aliphatic carbocycles. The number of hydrogen-bond donors (Lipinski definition) is 1. The highest BCUT2D eigenvalue weighted by Crippen LogP contribution is 2.07. The van der Waals surface area contributed by atoms with Gasteiger partial charge in [0.1, 0.15) is 5.69 Å². The third-order valence-corrected chi connectivity index (χ3v) is 2.81. The smallest absolute Gasteiger partial charge is 0.243 e. The van der Waals surface area contributed by atoms with Crippen LogP contribution in [0.25, 0.3) is 11.0 Å². The van der Waals surface area contributed by atoms with E-state index in [4.69, 9.17) is 0 Å². The number of para-hydroxylation sites is 2. The lowest BCUT2D eigenvalue weighted by Crippen LogP contribution is -2.00. The second-order valence-corrected chi connectivity index (χ2v) is 4.63. The average Bonchev–Trinajstić information content (AvgIpc) is 2.46. The van der Waals surface area contributed by atoms with Crippen LogP contribution in [0.5, 0.6) is 0 Å². The molecule has 3 aromatic rings. The normalized spacial score (nSPS) is 11.1. The van der Waals surface area contributed by atoms with E-state index >= 15 is 0 Å². The van der Waals surface area contributed by atoms with Gasteiger partial charge in [0.05, 0.1) is 23.4 Å². The van der Waals surface area contributed by atoms with E-state index in [0.29, 0.717) is 11.6 Å². The molecule has 0 bridgehead atoms. The molecule has 6 heteroatoms. The van der Waals surface area contributed by atoms with Crippen LogP contribution in [0.3, 0.4) is 0 Å². The molecule has 0 aliphatic rings. The monoisotopic (exact) mass is 278 g/mol. The van der Waals surface area contributed by atoms with Crippen molar-refractivity contribution in [3.63, 3.8) is 0 Å². The summed E-state index contributed by atoms with van der Waals surface area (Å²) in [4.78, 5) is 17.3. The third kappa shape index (κ3) is 3.17. The first-order valence-electron chi connectivity index (χ1n) is 6.54. The third-order valence-electron chi connectivity index (χ3n) is 2.81. The maximum Gasteiger partial charge on any atom is 0.243 e. The summed E-state index contributed by atoms with van der Waals surface area (Å²) in [7, 11) is 0. The van der Waals surface area contributed by atoms with E-state index in [9.17, 15) is 0 Å². The van der Waals surface area contributed by atoms with Crippen molar-refractivity contribution in [3.8, 4) is 0 Å². The average molecular weight is 278 g/mol. The molecule has 2 aromatic heterocycles. The molecule has 6 nitrogen and oxygen atoms in total. The van der Waals surface area contributed by atoms with Crippen LogP contribution in [0.15, 0.2) is 41.6 Å². The van der Waals surface area contributed by atoms with Gasteiger partial charge in [-0.05, 0) is 32.0 Å². The molecule has 0 atom stereocenters. The van der Waals surface area contributed by atoms with Gasteiger partial charge in [-0.25, -0.2) is 20.4 Å². The topological polar surface area (TPSA) is 76.0 Å². The predicted octanol–water partition coefficient (Wildman–Crippen LogP) is 2.48. The van der Waals surface area contributed by atoms with E-state index in [0.717, 1.165) is 22.4 Å². The van der Waals surface area contributed by atoms with Crippen molar-refractivity contribution in [2.75, 3.05) is 5.43 Å². The molecule has 0 radical (unpaired) electrons. The van der Waals surface area contributed by atoms with Gasteiger partial charge in [0.25, 0.3) is 0 Å². The summed E-state index contributed by atoms with van der Waals surface area (Å²) in [6, 6.07) is 9.61. The van der Waals surface area contributed by atoms with Gasteiger partial charge in [0.2, 0.25) is 5.95 Å². The first-order chi connectivity index (χ1) is 10.2. The van der Waals surface area contributed by atoms with Crippen molar-refractivity contribution in [2.24, 2.45) is 5.10 Å². The lowest BCUT2D eigenvalue weighted by atomic mass is 10.3. The highest BCUT2D eigenvalue weighted by Gasteiger charge is 1.98. The van der Waals surface area contributed by atoms with Gasteiger partial charge in [-0.15, -0.1) is 0 Å². The second-order valence-electron chi connectivity index (χ2n) is 4.63. The number of aryl methyl sites for hydroxylation is 2. The van der Waals surface area contributed by atoms with Crippen LogP contribution < -0.4 is 5.43 Å². The number of aromatic nitrogens is 4. The molecular formula is C15H14N6. The summed E-state index contributed by atoms with van der Waals surface area (Å²) in [6.45, 7) is 3.83. The number of nitrogens with one attached hydrogen (secondary N) is 1. The van der Waals surface area contributed by atoms with E-state index in [1.54, 1.807) is 12.4 Å². The molecule has 0 saturated carbocycles. The first-order valence-corrected chi connectivity index (χ1v) is 6.54. The Balaban J connectivity index is 1.78. The summed E-state index contributed by atoms with van der Waals surface area (Å²) in [5, 5.41) is 4.10. The van der Waals surface area contributed by atoms with Crippen LogP contribution in [-0.2, 0) is 0 Å². The Morgan fingerprint density at radius 1 is 1.00 bits per heavy atom. The Hall–Kier alpha value is -2.89. The fourth-order valence-corrected chi connectivity index (χ4v) is 1.97. The molecule has 3 rings (SSSR count). The molecule has 0 spiro atoms. The minimum absolute atomic E-state index is 0.470. The zero-order valence-electron chi connectivity index (χ0n) is 11.8. The van der Waals surface area contributed by atoms with Gasteiger partial charge in [0, 0.05) is 11.4 Å². The Morgan fingerprint density at radius 3 is 2.48 bits per heavy atom. The van der Waals surface area contributed by atoms with Gasteiger partial charge in [-0.1, -0.05) is 12.1 Å². The number of nitrogens with zero attached hydrogens (tertiary/aromatic N) is 5. The number of anilines is 1. The summed E-state index contributed by atoms with van der Waals surface area (Å²) in [6.07, 6.45) is 3.27. The minimum Gasteiger partial charge on any atom is -0.252 e. The maximum absolute atomic E-state index is 4.45.